The number of esters is 1. The molecule has 8 aliphatic rings. The Labute approximate surface area is 192 Å². The van der Waals surface area contributed by atoms with Crippen LogP contribution in [0.15, 0.2) is 0 Å². The third-order valence-electron chi connectivity index (χ3n) is 9.57. The molecule has 0 spiro atoms. The van der Waals surface area contributed by atoms with Gasteiger partial charge < -0.3 is 19.3 Å². The summed E-state index contributed by atoms with van der Waals surface area (Å²) in [7, 11) is 0. The molecule has 0 saturated heterocycles. The molecule has 8 saturated carbocycles. The van der Waals surface area contributed by atoms with Crippen molar-refractivity contribution in [1.29, 1.82) is 0 Å². The van der Waals surface area contributed by atoms with Crippen molar-refractivity contribution in [1.82, 2.24) is 0 Å². The second kappa shape index (κ2) is 6.82. The van der Waals surface area contributed by atoms with Gasteiger partial charge >= 0.3 is 18.0 Å². The van der Waals surface area contributed by atoms with E-state index < -0.39 is 40.3 Å². The van der Waals surface area contributed by atoms with Gasteiger partial charge in [-0.3, -0.25) is 0 Å². The maximum atomic E-state index is 13.3. The highest BCUT2D eigenvalue weighted by molar-refractivity contribution is 5.76. The summed E-state index contributed by atoms with van der Waals surface area (Å²) in [6, 6.07) is 0. The number of alkyl halides is 2. The molecule has 8 aliphatic carbocycles. The van der Waals surface area contributed by atoms with Crippen molar-refractivity contribution in [3.05, 3.63) is 0 Å². The van der Waals surface area contributed by atoms with Gasteiger partial charge in [0.2, 0.25) is 0 Å². The first-order valence-electron chi connectivity index (χ1n) is 12.6. The van der Waals surface area contributed by atoms with Crippen molar-refractivity contribution in [3.8, 4) is 0 Å². The summed E-state index contributed by atoms with van der Waals surface area (Å²) in [6.45, 7) is 0.499. The van der Waals surface area contributed by atoms with E-state index in [1.54, 1.807) is 0 Å². The first-order valence-corrected chi connectivity index (χ1v) is 12.6. The number of aliphatic hydroxyl groups is 1. The standard InChI is InChI=1S/C25H34F2O6/c1-21(26,27)19(28)31-14-22-4-15-2-16(5-22)9-24(8-15,12-22)32-20(29)33-25-10-17-3-18(11-25)7-23(30,6-17)13-25/h15-18,30H,2-14H2,1H3. The van der Waals surface area contributed by atoms with Gasteiger partial charge in [-0.05, 0) is 94.3 Å². The Morgan fingerprint density at radius 1 is 0.848 bits per heavy atom. The van der Waals surface area contributed by atoms with Crippen LogP contribution in [0.3, 0.4) is 0 Å². The number of hydrogen-bond acceptors (Lipinski definition) is 6. The molecule has 4 unspecified atom stereocenters. The van der Waals surface area contributed by atoms with E-state index in [2.05, 4.69) is 0 Å². The van der Waals surface area contributed by atoms with Gasteiger partial charge in [-0.2, -0.15) is 8.78 Å². The van der Waals surface area contributed by atoms with E-state index >= 15 is 0 Å². The molecule has 33 heavy (non-hydrogen) atoms. The highest BCUT2D eigenvalue weighted by Crippen LogP contribution is 2.63. The molecule has 0 amide bonds. The molecule has 6 nitrogen and oxygen atoms in total. The molecule has 8 heteroatoms. The average molecular weight is 469 g/mol. The average Bonchev–Trinajstić information content (AvgIpc) is 2.61. The Kier molecular flexibility index (Phi) is 4.56. The molecule has 0 aromatic carbocycles. The van der Waals surface area contributed by atoms with E-state index in [9.17, 15) is 23.5 Å². The van der Waals surface area contributed by atoms with Crippen LogP contribution in [0.25, 0.3) is 0 Å². The van der Waals surface area contributed by atoms with Crippen LogP contribution in [-0.2, 0) is 19.0 Å². The van der Waals surface area contributed by atoms with E-state index in [0.717, 1.165) is 64.2 Å². The number of carbonyl (C=O) groups excluding carboxylic acids is 2. The lowest BCUT2D eigenvalue weighted by Gasteiger charge is -2.61. The Bertz CT molecular complexity index is 837. The van der Waals surface area contributed by atoms with Crippen LogP contribution < -0.4 is 0 Å². The second-order valence-corrected chi connectivity index (χ2v) is 12.9. The molecule has 0 aromatic rings. The van der Waals surface area contributed by atoms with Crippen LogP contribution in [0.5, 0.6) is 0 Å². The summed E-state index contributed by atoms with van der Waals surface area (Å²) in [5.41, 5.74) is -2.44. The Morgan fingerprint density at radius 2 is 1.33 bits per heavy atom. The fourth-order valence-corrected chi connectivity index (χ4v) is 9.62. The molecule has 184 valence electrons. The van der Waals surface area contributed by atoms with Crippen LogP contribution in [0.2, 0.25) is 0 Å². The normalized spacial score (nSPS) is 49.2. The van der Waals surface area contributed by atoms with E-state index in [1.165, 1.54) is 0 Å². The van der Waals surface area contributed by atoms with Crippen molar-refractivity contribution in [3.63, 3.8) is 0 Å². The van der Waals surface area contributed by atoms with E-state index in [4.69, 9.17) is 14.2 Å². The Balaban J connectivity index is 1.15. The van der Waals surface area contributed by atoms with Crippen LogP contribution in [0.4, 0.5) is 13.6 Å². The Morgan fingerprint density at radius 3 is 1.82 bits per heavy atom. The lowest BCUT2D eigenvalue weighted by molar-refractivity contribution is -0.227. The molecule has 0 radical (unpaired) electrons. The molecule has 8 fully saturated rings. The molecule has 8 rings (SSSR count). The van der Waals surface area contributed by atoms with Gasteiger partial charge in [0.05, 0.1) is 12.2 Å². The third kappa shape index (κ3) is 3.84. The van der Waals surface area contributed by atoms with Gasteiger partial charge in [0.1, 0.15) is 11.2 Å². The van der Waals surface area contributed by atoms with Crippen LogP contribution in [0.1, 0.15) is 84.0 Å². The Hall–Kier alpha value is -1.44. The lowest BCUT2D eigenvalue weighted by atomic mass is 9.48. The van der Waals surface area contributed by atoms with Gasteiger partial charge in [-0.15, -0.1) is 0 Å². The number of hydrogen-bond donors (Lipinski definition) is 1. The van der Waals surface area contributed by atoms with Gasteiger partial charge in [-0.1, -0.05) is 0 Å². The summed E-state index contributed by atoms with van der Waals surface area (Å²) >= 11 is 0. The fraction of sp³-hybridized carbons (Fsp3) is 0.920. The zero-order chi connectivity index (χ0) is 23.3. The SMILES string of the molecule is CC(F)(F)C(=O)OCC12CC3CC(C1)CC(OC(=O)OC14CC5CC(CC(O)(C5)C1)C4)(C3)C2. The minimum atomic E-state index is -3.51. The predicted molar refractivity (Wildman–Crippen MR) is 111 cm³/mol. The maximum Gasteiger partial charge on any atom is 0.509 e. The second-order valence-electron chi connectivity index (χ2n) is 12.9. The van der Waals surface area contributed by atoms with Gasteiger partial charge in [0.25, 0.3) is 0 Å². The zero-order valence-electron chi connectivity index (χ0n) is 19.2. The van der Waals surface area contributed by atoms with Gasteiger partial charge in [0.15, 0.2) is 0 Å². The quantitative estimate of drug-likeness (QED) is 0.586. The lowest BCUT2D eigenvalue weighted by Crippen LogP contribution is -2.61. The molecule has 0 aromatic heterocycles. The smallest absolute Gasteiger partial charge is 0.461 e. The van der Waals surface area contributed by atoms with E-state index in [0.29, 0.717) is 43.4 Å². The highest BCUT2D eigenvalue weighted by atomic mass is 19.3. The molecule has 4 atom stereocenters. The van der Waals surface area contributed by atoms with Crippen LogP contribution >= 0.6 is 0 Å². The summed E-state index contributed by atoms with van der Waals surface area (Å²) < 4.78 is 43.8. The van der Waals surface area contributed by atoms with Crippen LogP contribution in [0, 0.1) is 29.1 Å². The number of carbonyl (C=O) groups is 2. The summed E-state index contributed by atoms with van der Waals surface area (Å²) in [4.78, 5) is 24.8. The van der Waals surface area contributed by atoms with E-state index in [-0.39, 0.29) is 6.61 Å². The summed E-state index contributed by atoms with van der Waals surface area (Å²) in [5, 5.41) is 11.0. The molecular formula is C25H34F2O6. The van der Waals surface area contributed by atoms with Crippen molar-refractivity contribution < 1.29 is 37.7 Å². The molecule has 1 N–H and O–H groups in total. The molecular weight excluding hydrogens is 434 g/mol. The fourth-order valence-electron chi connectivity index (χ4n) is 9.62. The number of halogens is 2. The number of ether oxygens (including phenoxy) is 3. The minimum Gasteiger partial charge on any atom is -0.461 e. The highest BCUT2D eigenvalue weighted by Gasteiger charge is 2.62. The maximum absolute atomic E-state index is 13.3. The summed E-state index contributed by atoms with van der Waals surface area (Å²) in [5.74, 6) is -3.54. The third-order valence-corrected chi connectivity index (χ3v) is 9.57. The molecule has 0 heterocycles. The van der Waals surface area contributed by atoms with Gasteiger partial charge in [-0.25, -0.2) is 9.59 Å². The minimum absolute atomic E-state index is 0.0528. The zero-order valence-corrected chi connectivity index (χ0v) is 19.2. The molecule has 8 bridgehead atoms. The van der Waals surface area contributed by atoms with Crippen molar-refractivity contribution in [2.45, 2.75) is 107 Å². The first-order chi connectivity index (χ1) is 15.4. The number of rotatable bonds is 5. The van der Waals surface area contributed by atoms with Crippen LogP contribution in [-0.4, -0.2) is 46.6 Å². The topological polar surface area (TPSA) is 82.1 Å². The first kappa shape index (κ1) is 22.1. The predicted octanol–water partition coefficient (Wildman–Crippen LogP) is 4.76. The molecule has 0 aliphatic heterocycles. The van der Waals surface area contributed by atoms with Crippen molar-refractivity contribution >= 4 is 12.1 Å². The summed E-state index contributed by atoms with van der Waals surface area (Å²) in [6.07, 6.45) is 8.82. The van der Waals surface area contributed by atoms with Crippen molar-refractivity contribution in [2.24, 2.45) is 29.1 Å². The monoisotopic (exact) mass is 468 g/mol. The van der Waals surface area contributed by atoms with E-state index in [1.807, 2.05) is 0 Å². The van der Waals surface area contributed by atoms with Gasteiger partial charge in [0, 0.05) is 18.8 Å². The largest absolute Gasteiger partial charge is 0.509 e. The van der Waals surface area contributed by atoms with Crippen molar-refractivity contribution in [2.75, 3.05) is 6.61 Å².